The SMILES string of the molecule is CCC(C)c1nc(C(N)C(C)C)no1. The summed E-state index contributed by atoms with van der Waals surface area (Å²) in [6.07, 6.45) is 0.999. The van der Waals surface area contributed by atoms with E-state index in [2.05, 4.69) is 24.0 Å². The van der Waals surface area contributed by atoms with E-state index in [9.17, 15) is 0 Å². The third-order valence-electron chi connectivity index (χ3n) is 2.51. The minimum absolute atomic E-state index is 0.128. The number of nitrogens with two attached hydrogens (primary N) is 1. The molecule has 0 aliphatic carbocycles. The third-order valence-corrected chi connectivity index (χ3v) is 2.51. The fourth-order valence-corrected chi connectivity index (χ4v) is 1.06. The van der Waals surface area contributed by atoms with E-state index < -0.39 is 0 Å². The quantitative estimate of drug-likeness (QED) is 0.803. The molecule has 0 fully saturated rings. The summed E-state index contributed by atoms with van der Waals surface area (Å²) < 4.78 is 5.15. The van der Waals surface area contributed by atoms with Gasteiger partial charge in [-0.05, 0) is 12.3 Å². The minimum Gasteiger partial charge on any atom is -0.339 e. The molecule has 0 radical (unpaired) electrons. The Morgan fingerprint density at radius 2 is 2.00 bits per heavy atom. The highest BCUT2D eigenvalue weighted by Crippen LogP contribution is 2.20. The Morgan fingerprint density at radius 3 is 2.50 bits per heavy atom. The first-order valence-corrected chi connectivity index (χ1v) is 5.15. The Hall–Kier alpha value is -0.900. The van der Waals surface area contributed by atoms with Crippen LogP contribution in [0.25, 0.3) is 0 Å². The Bertz CT molecular complexity index is 283. The molecular weight excluding hydrogens is 178 g/mol. The van der Waals surface area contributed by atoms with Crippen molar-refractivity contribution < 1.29 is 4.52 Å². The van der Waals surface area contributed by atoms with Gasteiger partial charge >= 0.3 is 0 Å². The zero-order valence-corrected chi connectivity index (χ0v) is 9.32. The molecule has 0 bridgehead atoms. The van der Waals surface area contributed by atoms with Gasteiger partial charge in [0, 0.05) is 5.92 Å². The lowest BCUT2D eigenvalue weighted by atomic mass is 10.1. The van der Waals surface area contributed by atoms with Gasteiger partial charge in [0.25, 0.3) is 0 Å². The molecule has 1 rings (SSSR count). The van der Waals surface area contributed by atoms with Crippen LogP contribution in [0.2, 0.25) is 0 Å². The van der Waals surface area contributed by atoms with Crippen molar-refractivity contribution >= 4 is 0 Å². The molecular formula is C10H19N3O. The summed E-state index contributed by atoms with van der Waals surface area (Å²) in [6, 6.07) is -0.128. The van der Waals surface area contributed by atoms with Gasteiger partial charge in [-0.2, -0.15) is 4.98 Å². The average molecular weight is 197 g/mol. The maximum atomic E-state index is 5.91. The second-order valence-corrected chi connectivity index (χ2v) is 4.07. The first kappa shape index (κ1) is 11.2. The second-order valence-electron chi connectivity index (χ2n) is 4.07. The first-order valence-electron chi connectivity index (χ1n) is 5.15. The van der Waals surface area contributed by atoms with Crippen LogP contribution in [-0.4, -0.2) is 10.1 Å². The van der Waals surface area contributed by atoms with E-state index in [1.165, 1.54) is 0 Å². The average Bonchev–Trinajstić information content (AvgIpc) is 2.64. The van der Waals surface area contributed by atoms with Crippen LogP contribution >= 0.6 is 0 Å². The molecule has 4 heteroatoms. The number of nitrogens with zero attached hydrogens (tertiary/aromatic N) is 2. The van der Waals surface area contributed by atoms with Crippen LogP contribution in [0.15, 0.2) is 4.52 Å². The van der Waals surface area contributed by atoms with E-state index in [1.807, 2.05) is 13.8 Å². The highest BCUT2D eigenvalue weighted by Gasteiger charge is 2.19. The van der Waals surface area contributed by atoms with Crippen molar-refractivity contribution in [3.05, 3.63) is 11.7 Å². The van der Waals surface area contributed by atoms with Crippen LogP contribution in [0.4, 0.5) is 0 Å². The van der Waals surface area contributed by atoms with Crippen LogP contribution in [0.3, 0.4) is 0 Å². The fourth-order valence-electron chi connectivity index (χ4n) is 1.06. The van der Waals surface area contributed by atoms with Crippen molar-refractivity contribution in [2.24, 2.45) is 11.7 Å². The summed E-state index contributed by atoms with van der Waals surface area (Å²) in [7, 11) is 0. The standard InChI is InChI=1S/C10H19N3O/c1-5-7(4)10-12-9(13-14-10)8(11)6(2)3/h6-8H,5,11H2,1-4H3. The Balaban J connectivity index is 2.77. The largest absolute Gasteiger partial charge is 0.339 e. The van der Waals surface area contributed by atoms with Gasteiger partial charge in [0.15, 0.2) is 5.82 Å². The molecule has 14 heavy (non-hydrogen) atoms. The Morgan fingerprint density at radius 1 is 1.36 bits per heavy atom. The monoisotopic (exact) mass is 197 g/mol. The maximum absolute atomic E-state index is 5.91. The summed E-state index contributed by atoms with van der Waals surface area (Å²) in [5.41, 5.74) is 5.91. The molecule has 1 heterocycles. The second kappa shape index (κ2) is 4.55. The topological polar surface area (TPSA) is 64.9 Å². The highest BCUT2D eigenvalue weighted by molar-refractivity contribution is 4.97. The predicted octanol–water partition coefficient (Wildman–Crippen LogP) is 2.24. The summed E-state index contributed by atoms with van der Waals surface area (Å²) in [5.74, 6) is 1.96. The normalized spacial score (nSPS) is 15.9. The molecule has 2 N–H and O–H groups in total. The smallest absolute Gasteiger partial charge is 0.229 e. The molecule has 4 nitrogen and oxygen atoms in total. The van der Waals surface area contributed by atoms with Crippen LogP contribution < -0.4 is 5.73 Å². The lowest BCUT2D eigenvalue weighted by Gasteiger charge is -2.09. The van der Waals surface area contributed by atoms with Gasteiger partial charge in [0.05, 0.1) is 6.04 Å². The number of hydrogen-bond donors (Lipinski definition) is 1. The molecule has 0 aromatic carbocycles. The predicted molar refractivity (Wildman–Crippen MR) is 54.8 cm³/mol. The van der Waals surface area contributed by atoms with Gasteiger partial charge in [0.2, 0.25) is 5.89 Å². The Labute approximate surface area is 84.9 Å². The summed E-state index contributed by atoms with van der Waals surface area (Å²) in [4.78, 5) is 4.30. The third kappa shape index (κ3) is 2.32. The van der Waals surface area contributed by atoms with Crippen LogP contribution in [0.1, 0.15) is 57.8 Å². The molecule has 0 spiro atoms. The summed E-state index contributed by atoms with van der Waals surface area (Å²) in [6.45, 7) is 8.25. The van der Waals surface area contributed by atoms with Gasteiger partial charge in [-0.3, -0.25) is 0 Å². The van der Waals surface area contributed by atoms with Gasteiger partial charge in [-0.15, -0.1) is 0 Å². The Kier molecular flexibility index (Phi) is 3.63. The van der Waals surface area contributed by atoms with E-state index in [0.29, 0.717) is 23.6 Å². The van der Waals surface area contributed by atoms with E-state index in [1.54, 1.807) is 0 Å². The van der Waals surface area contributed by atoms with E-state index in [4.69, 9.17) is 10.3 Å². The molecule has 0 saturated carbocycles. The van der Waals surface area contributed by atoms with E-state index in [-0.39, 0.29) is 6.04 Å². The molecule has 80 valence electrons. The fraction of sp³-hybridized carbons (Fsp3) is 0.800. The molecule has 0 aliphatic rings. The van der Waals surface area contributed by atoms with Crippen LogP contribution in [0.5, 0.6) is 0 Å². The number of aromatic nitrogens is 2. The molecule has 2 atom stereocenters. The maximum Gasteiger partial charge on any atom is 0.229 e. The van der Waals surface area contributed by atoms with Gasteiger partial charge in [0.1, 0.15) is 0 Å². The van der Waals surface area contributed by atoms with Crippen molar-refractivity contribution in [2.45, 2.75) is 46.1 Å². The summed E-state index contributed by atoms with van der Waals surface area (Å²) >= 11 is 0. The van der Waals surface area contributed by atoms with Crippen molar-refractivity contribution in [3.63, 3.8) is 0 Å². The van der Waals surface area contributed by atoms with Crippen molar-refractivity contribution in [2.75, 3.05) is 0 Å². The zero-order chi connectivity index (χ0) is 10.7. The molecule has 2 unspecified atom stereocenters. The highest BCUT2D eigenvalue weighted by atomic mass is 16.5. The molecule has 0 aliphatic heterocycles. The summed E-state index contributed by atoms with van der Waals surface area (Å²) in [5, 5.41) is 3.90. The van der Waals surface area contributed by atoms with Crippen molar-refractivity contribution in [1.29, 1.82) is 0 Å². The lowest BCUT2D eigenvalue weighted by molar-refractivity contribution is 0.345. The zero-order valence-electron chi connectivity index (χ0n) is 9.32. The van der Waals surface area contributed by atoms with Crippen LogP contribution in [0, 0.1) is 5.92 Å². The van der Waals surface area contributed by atoms with Gasteiger partial charge in [-0.1, -0.05) is 32.9 Å². The number of hydrogen-bond acceptors (Lipinski definition) is 4. The molecule has 1 aromatic rings. The van der Waals surface area contributed by atoms with Crippen LogP contribution in [-0.2, 0) is 0 Å². The van der Waals surface area contributed by atoms with Crippen molar-refractivity contribution in [1.82, 2.24) is 10.1 Å². The van der Waals surface area contributed by atoms with Gasteiger partial charge < -0.3 is 10.3 Å². The molecule has 0 amide bonds. The lowest BCUT2D eigenvalue weighted by Crippen LogP contribution is -2.18. The molecule has 1 aromatic heterocycles. The van der Waals surface area contributed by atoms with Gasteiger partial charge in [-0.25, -0.2) is 0 Å². The van der Waals surface area contributed by atoms with Crippen molar-refractivity contribution in [3.8, 4) is 0 Å². The molecule has 0 saturated heterocycles. The first-order chi connectivity index (χ1) is 6.56. The minimum atomic E-state index is -0.128. The van der Waals surface area contributed by atoms with E-state index >= 15 is 0 Å². The van der Waals surface area contributed by atoms with E-state index in [0.717, 1.165) is 6.42 Å². The number of rotatable bonds is 4.